The third kappa shape index (κ3) is 21.4. The SMILES string of the molecule is CCCCCCCCCCOc1ccc(-c2cc3cc4c(cc3cc2-c2ccc(OCCCCCCCCCC)c(OCCCCCCCCCC)c2)C(=O)N(CCCC)C4=O)cc1OCCCCCCCCCC. The molecule has 1 aliphatic rings. The van der Waals surface area contributed by atoms with Crippen molar-refractivity contribution in [3.63, 3.8) is 0 Å². The van der Waals surface area contributed by atoms with E-state index >= 15 is 0 Å². The van der Waals surface area contributed by atoms with E-state index in [4.69, 9.17) is 18.9 Å². The lowest BCUT2D eigenvalue weighted by Gasteiger charge is -2.19. The monoisotopic (exact) mass is 1030 g/mol. The molecule has 0 spiro atoms. The summed E-state index contributed by atoms with van der Waals surface area (Å²) >= 11 is 0. The third-order valence-electron chi connectivity index (χ3n) is 15.3. The van der Waals surface area contributed by atoms with Crippen LogP contribution in [0.2, 0.25) is 0 Å². The van der Waals surface area contributed by atoms with Crippen LogP contribution in [0.1, 0.15) is 274 Å². The minimum atomic E-state index is -0.202. The number of rotatable bonds is 45. The predicted octanol–water partition coefficient (Wildman–Crippen LogP) is 20.6. The van der Waals surface area contributed by atoms with Crippen molar-refractivity contribution in [1.29, 1.82) is 0 Å². The van der Waals surface area contributed by atoms with Crippen LogP contribution in [0.25, 0.3) is 33.0 Å². The summed E-state index contributed by atoms with van der Waals surface area (Å²) in [6.07, 6.45) is 41.5. The number of imide groups is 1. The van der Waals surface area contributed by atoms with Gasteiger partial charge in [-0.2, -0.15) is 0 Å². The molecule has 0 fully saturated rings. The van der Waals surface area contributed by atoms with Crippen molar-refractivity contribution in [2.24, 2.45) is 0 Å². The standard InChI is InChI=1S/C68H103NO6/c1-6-11-16-20-24-28-32-36-45-72-63-42-40-55(53-65(63)74-47-38-34-30-26-22-18-13-8-3)59-49-57-51-61-62(68(71)69(67(61)70)44-15-10-5)52-58(57)50-60(59)56-41-43-64(73-46-37-33-29-25-21-17-12-7-2)66(54-56)75-48-39-35-31-27-23-19-14-9-4/h40-43,49-54H,6-39,44-48H2,1-5H3. The number of amides is 2. The molecule has 0 N–H and O–H groups in total. The second-order valence-electron chi connectivity index (χ2n) is 21.9. The predicted molar refractivity (Wildman–Crippen MR) is 318 cm³/mol. The van der Waals surface area contributed by atoms with E-state index in [0.717, 1.165) is 107 Å². The fourth-order valence-electron chi connectivity index (χ4n) is 10.6. The van der Waals surface area contributed by atoms with Crippen molar-refractivity contribution < 1.29 is 28.5 Å². The van der Waals surface area contributed by atoms with Crippen LogP contribution < -0.4 is 18.9 Å². The third-order valence-corrected chi connectivity index (χ3v) is 15.3. The summed E-state index contributed by atoms with van der Waals surface area (Å²) in [7, 11) is 0. The van der Waals surface area contributed by atoms with E-state index in [1.165, 1.54) is 172 Å². The van der Waals surface area contributed by atoms with E-state index in [1.54, 1.807) is 0 Å². The van der Waals surface area contributed by atoms with E-state index in [-0.39, 0.29) is 11.8 Å². The first-order chi connectivity index (χ1) is 36.9. The molecule has 7 nitrogen and oxygen atoms in total. The van der Waals surface area contributed by atoms with Crippen LogP contribution in [0.4, 0.5) is 0 Å². The first-order valence-electron chi connectivity index (χ1n) is 31.2. The first kappa shape index (κ1) is 61.3. The van der Waals surface area contributed by atoms with Gasteiger partial charge in [-0.25, -0.2) is 0 Å². The van der Waals surface area contributed by atoms with Crippen molar-refractivity contribution in [2.45, 2.75) is 253 Å². The van der Waals surface area contributed by atoms with E-state index in [0.29, 0.717) is 44.1 Å². The molecule has 0 atom stereocenters. The highest BCUT2D eigenvalue weighted by atomic mass is 16.5. The number of carbonyl (C=O) groups is 2. The van der Waals surface area contributed by atoms with Crippen LogP contribution in [0.3, 0.4) is 0 Å². The van der Waals surface area contributed by atoms with Crippen molar-refractivity contribution in [1.82, 2.24) is 4.90 Å². The van der Waals surface area contributed by atoms with Gasteiger partial charge in [-0.1, -0.05) is 233 Å². The lowest BCUT2D eigenvalue weighted by molar-refractivity contribution is 0.0652. The fraction of sp³-hybridized carbons (Fsp3) is 0.647. The fourth-order valence-corrected chi connectivity index (χ4v) is 10.6. The van der Waals surface area contributed by atoms with Gasteiger partial charge >= 0.3 is 0 Å². The molecule has 4 aromatic rings. The summed E-state index contributed by atoms with van der Waals surface area (Å²) in [6, 6.07) is 21.1. The van der Waals surface area contributed by atoms with Gasteiger partial charge in [-0.15, -0.1) is 0 Å². The molecule has 0 bridgehead atoms. The molecular formula is C68H103NO6. The molecule has 5 rings (SSSR count). The van der Waals surface area contributed by atoms with Crippen LogP contribution in [0, 0.1) is 0 Å². The quantitative estimate of drug-likeness (QED) is 0.0324. The maximum atomic E-state index is 13.8. The Morgan fingerprint density at radius 2 is 0.560 bits per heavy atom. The van der Waals surface area contributed by atoms with E-state index in [9.17, 15) is 9.59 Å². The Labute approximate surface area is 457 Å². The average Bonchev–Trinajstić information content (AvgIpc) is 3.65. The van der Waals surface area contributed by atoms with Gasteiger partial charge in [0.25, 0.3) is 11.8 Å². The van der Waals surface area contributed by atoms with Crippen LogP contribution in [-0.2, 0) is 0 Å². The highest BCUT2D eigenvalue weighted by molar-refractivity contribution is 6.23. The normalized spacial score (nSPS) is 12.3. The topological polar surface area (TPSA) is 74.3 Å². The molecule has 0 saturated carbocycles. The molecule has 2 amide bonds. The highest BCUT2D eigenvalue weighted by Crippen LogP contribution is 2.43. The maximum absolute atomic E-state index is 13.8. The van der Waals surface area contributed by atoms with Gasteiger partial charge in [0.1, 0.15) is 0 Å². The van der Waals surface area contributed by atoms with Gasteiger partial charge < -0.3 is 18.9 Å². The van der Waals surface area contributed by atoms with E-state index < -0.39 is 0 Å². The second-order valence-corrected chi connectivity index (χ2v) is 21.9. The van der Waals surface area contributed by atoms with Gasteiger partial charge in [0.05, 0.1) is 37.6 Å². The van der Waals surface area contributed by atoms with Gasteiger partial charge in [0, 0.05) is 6.54 Å². The number of ether oxygens (including phenoxy) is 4. The largest absolute Gasteiger partial charge is 0.490 e. The van der Waals surface area contributed by atoms with E-state index in [1.807, 2.05) is 12.1 Å². The summed E-state index contributed by atoms with van der Waals surface area (Å²) in [4.78, 5) is 29.0. The van der Waals surface area contributed by atoms with Crippen LogP contribution in [0.15, 0.2) is 60.7 Å². The molecule has 0 aliphatic carbocycles. The summed E-state index contributed by atoms with van der Waals surface area (Å²) in [6.45, 7) is 14.2. The number of benzene rings is 4. The lowest BCUT2D eigenvalue weighted by atomic mass is 9.90. The molecule has 0 radical (unpaired) electrons. The molecule has 0 unspecified atom stereocenters. The molecule has 416 valence electrons. The molecule has 4 aromatic carbocycles. The highest BCUT2D eigenvalue weighted by Gasteiger charge is 2.35. The number of nitrogens with zero attached hydrogens (tertiary/aromatic N) is 1. The second kappa shape index (κ2) is 37.3. The molecule has 7 heteroatoms. The number of fused-ring (bicyclic) bond motifs is 2. The Bertz CT molecular complexity index is 2060. The van der Waals surface area contributed by atoms with Crippen LogP contribution in [-0.4, -0.2) is 49.7 Å². The minimum absolute atomic E-state index is 0.202. The summed E-state index contributed by atoms with van der Waals surface area (Å²) < 4.78 is 26.5. The van der Waals surface area contributed by atoms with Crippen molar-refractivity contribution in [3.8, 4) is 45.3 Å². The number of hydrogen-bond donors (Lipinski definition) is 0. The van der Waals surface area contributed by atoms with Crippen molar-refractivity contribution in [2.75, 3.05) is 33.0 Å². The summed E-state index contributed by atoms with van der Waals surface area (Å²) in [5.41, 5.74) is 4.99. The Kier molecular flexibility index (Phi) is 30.5. The number of hydrogen-bond acceptors (Lipinski definition) is 6. The van der Waals surface area contributed by atoms with Crippen molar-refractivity contribution in [3.05, 3.63) is 71.8 Å². The Hall–Kier alpha value is -4.52. The molecule has 0 aromatic heterocycles. The van der Waals surface area contributed by atoms with Crippen molar-refractivity contribution >= 4 is 22.6 Å². The maximum Gasteiger partial charge on any atom is 0.261 e. The zero-order chi connectivity index (χ0) is 53.1. The van der Waals surface area contributed by atoms with Gasteiger partial charge in [0.15, 0.2) is 23.0 Å². The first-order valence-corrected chi connectivity index (χ1v) is 31.2. The molecule has 75 heavy (non-hydrogen) atoms. The Morgan fingerprint density at radius 3 is 0.867 bits per heavy atom. The van der Waals surface area contributed by atoms with Gasteiger partial charge in [-0.3, -0.25) is 14.5 Å². The minimum Gasteiger partial charge on any atom is -0.490 e. The average molecular weight is 1030 g/mol. The van der Waals surface area contributed by atoms with Crippen LogP contribution >= 0.6 is 0 Å². The van der Waals surface area contributed by atoms with Gasteiger partial charge in [-0.05, 0) is 114 Å². The number of unbranched alkanes of at least 4 members (excludes halogenated alkanes) is 29. The Balaban J connectivity index is 1.48. The van der Waals surface area contributed by atoms with Crippen LogP contribution in [0.5, 0.6) is 23.0 Å². The molecule has 1 heterocycles. The Morgan fingerprint density at radius 1 is 0.293 bits per heavy atom. The molecule has 1 aliphatic heterocycles. The molecular weight excluding hydrogens is 927 g/mol. The van der Waals surface area contributed by atoms with E-state index in [2.05, 4.69) is 83.1 Å². The zero-order valence-electron chi connectivity index (χ0n) is 48.2. The smallest absolute Gasteiger partial charge is 0.261 e. The zero-order valence-corrected chi connectivity index (χ0v) is 48.2. The number of carbonyl (C=O) groups excluding carboxylic acids is 2. The van der Waals surface area contributed by atoms with Gasteiger partial charge in [0.2, 0.25) is 0 Å². The molecule has 0 saturated heterocycles. The summed E-state index contributed by atoms with van der Waals surface area (Å²) in [5.74, 6) is 2.69. The lowest BCUT2D eigenvalue weighted by Crippen LogP contribution is -2.30. The summed E-state index contributed by atoms with van der Waals surface area (Å²) in [5, 5.41) is 1.83.